The number of aliphatic hydroxyl groups excluding tert-OH is 1. The summed E-state index contributed by atoms with van der Waals surface area (Å²) in [4.78, 5) is 26.2. The van der Waals surface area contributed by atoms with E-state index in [-0.39, 0.29) is 31.8 Å². The van der Waals surface area contributed by atoms with Crippen LogP contribution in [0.25, 0.3) is 0 Å². The molecule has 8 heteroatoms. The Kier molecular flexibility index (Phi) is 4.71. The number of carbonyl (C=O) groups excluding carboxylic acids is 2. The molecule has 1 saturated carbocycles. The minimum Gasteiger partial charge on any atom is -0.391 e. The lowest BCUT2D eigenvalue weighted by Crippen LogP contribution is -2.55. The van der Waals surface area contributed by atoms with E-state index in [4.69, 9.17) is 11.5 Å². The van der Waals surface area contributed by atoms with Crippen LogP contribution < -0.4 is 16.8 Å². The summed E-state index contributed by atoms with van der Waals surface area (Å²) in [5, 5.41) is 12.5. The molecule has 2 amide bonds. The predicted octanol–water partition coefficient (Wildman–Crippen LogP) is -0.918. The fourth-order valence-corrected chi connectivity index (χ4v) is 2.76. The summed E-state index contributed by atoms with van der Waals surface area (Å²) < 4.78 is 13.3. The number of amides is 2. The summed E-state index contributed by atoms with van der Waals surface area (Å²) in [6.45, 7) is 5.73. The molecule has 23 heavy (non-hydrogen) atoms. The Morgan fingerprint density at radius 1 is 1.48 bits per heavy atom. The summed E-state index contributed by atoms with van der Waals surface area (Å²) in [6.07, 6.45) is -0.391. The summed E-state index contributed by atoms with van der Waals surface area (Å²) in [6, 6.07) is -1.55. The Labute approximate surface area is 135 Å². The highest BCUT2D eigenvalue weighted by molar-refractivity contribution is 5.90. The second kappa shape index (κ2) is 5.99. The Bertz CT molecular complexity index is 492. The maximum absolute atomic E-state index is 13.3. The first-order valence-corrected chi connectivity index (χ1v) is 7.93. The number of carbonyl (C=O) groups is 2. The fourth-order valence-electron chi connectivity index (χ4n) is 2.76. The number of aliphatic hydroxyl groups is 1. The van der Waals surface area contributed by atoms with Gasteiger partial charge in [0, 0.05) is 31.8 Å². The average molecular weight is 330 g/mol. The van der Waals surface area contributed by atoms with Crippen molar-refractivity contribution in [2.24, 2.45) is 22.8 Å². The molecule has 1 heterocycles. The van der Waals surface area contributed by atoms with Crippen LogP contribution in [-0.4, -0.2) is 58.9 Å². The first kappa shape index (κ1) is 18.1. The van der Waals surface area contributed by atoms with Gasteiger partial charge >= 0.3 is 0 Å². The predicted molar refractivity (Wildman–Crippen MR) is 82.7 cm³/mol. The van der Waals surface area contributed by atoms with Crippen LogP contribution in [-0.2, 0) is 9.59 Å². The van der Waals surface area contributed by atoms with Crippen LogP contribution in [0.2, 0.25) is 0 Å². The number of nitrogens with one attached hydrogen (secondary N) is 1. The third-order valence-corrected chi connectivity index (χ3v) is 4.66. The molecule has 6 N–H and O–H groups in total. The molecule has 1 aliphatic carbocycles. The summed E-state index contributed by atoms with van der Waals surface area (Å²) in [7, 11) is 0. The van der Waals surface area contributed by atoms with Gasteiger partial charge in [-0.3, -0.25) is 15.3 Å². The van der Waals surface area contributed by atoms with Crippen LogP contribution in [0, 0.1) is 11.3 Å². The zero-order valence-corrected chi connectivity index (χ0v) is 13.9. The zero-order valence-electron chi connectivity index (χ0n) is 13.9. The van der Waals surface area contributed by atoms with Crippen molar-refractivity contribution in [3.8, 4) is 0 Å². The van der Waals surface area contributed by atoms with Gasteiger partial charge in [-0.2, -0.15) is 0 Å². The van der Waals surface area contributed by atoms with Crippen molar-refractivity contribution in [3.05, 3.63) is 0 Å². The molecule has 132 valence electrons. The van der Waals surface area contributed by atoms with E-state index in [2.05, 4.69) is 5.32 Å². The van der Waals surface area contributed by atoms with Gasteiger partial charge in [0.25, 0.3) is 0 Å². The first-order chi connectivity index (χ1) is 10.4. The minimum atomic E-state index is -1.70. The number of nitrogens with zero attached hydrogens (tertiary/aromatic N) is 1. The lowest BCUT2D eigenvalue weighted by molar-refractivity contribution is -0.141. The third-order valence-electron chi connectivity index (χ3n) is 4.66. The van der Waals surface area contributed by atoms with Crippen LogP contribution in [0.5, 0.6) is 0 Å². The van der Waals surface area contributed by atoms with Gasteiger partial charge in [0.15, 0.2) is 5.79 Å². The molecule has 0 spiro atoms. The number of nitrogens with two attached hydrogens (primary N) is 2. The normalized spacial score (nSPS) is 35.1. The molecule has 2 aliphatic rings. The van der Waals surface area contributed by atoms with E-state index in [0.29, 0.717) is 0 Å². The van der Waals surface area contributed by atoms with Gasteiger partial charge in [-0.25, -0.2) is 4.39 Å². The number of hydrogen-bond donors (Lipinski definition) is 4. The van der Waals surface area contributed by atoms with Crippen LogP contribution in [0.4, 0.5) is 4.39 Å². The standard InChI is InChI=1S/C15H27FN4O3/c1-14(2,3)11(17)13(23)20-7-9(21)4-10(20)12(22)19-6-8-5-15(8,16)18/h8-11,21H,4-7,17-18H2,1-3H3,(H,19,22)/t8?,9-,10+,11?,15?/m1/s1. The monoisotopic (exact) mass is 330 g/mol. The van der Waals surface area contributed by atoms with E-state index >= 15 is 0 Å². The lowest BCUT2D eigenvalue weighted by atomic mass is 9.86. The lowest BCUT2D eigenvalue weighted by Gasteiger charge is -2.32. The third kappa shape index (κ3) is 3.99. The van der Waals surface area contributed by atoms with Gasteiger partial charge in [0.2, 0.25) is 11.8 Å². The molecular formula is C15H27FN4O3. The van der Waals surface area contributed by atoms with Crippen LogP contribution in [0.15, 0.2) is 0 Å². The maximum Gasteiger partial charge on any atom is 0.242 e. The van der Waals surface area contributed by atoms with Gasteiger partial charge < -0.3 is 21.1 Å². The quantitative estimate of drug-likeness (QED) is 0.497. The topological polar surface area (TPSA) is 122 Å². The van der Waals surface area contributed by atoms with Gasteiger partial charge in [0.1, 0.15) is 6.04 Å². The molecule has 2 rings (SSSR count). The van der Waals surface area contributed by atoms with Crippen molar-refractivity contribution in [1.82, 2.24) is 10.2 Å². The number of hydrogen-bond acceptors (Lipinski definition) is 5. The molecule has 7 nitrogen and oxygen atoms in total. The molecule has 0 bridgehead atoms. The van der Waals surface area contributed by atoms with E-state index < -0.39 is 41.2 Å². The van der Waals surface area contributed by atoms with Crippen LogP contribution >= 0.6 is 0 Å². The van der Waals surface area contributed by atoms with E-state index in [9.17, 15) is 19.1 Å². The largest absolute Gasteiger partial charge is 0.391 e. The number of β-amino-alcohol motifs (C(OH)–C–C–N with tert-alkyl or cyclic N) is 1. The second-order valence-electron chi connectivity index (χ2n) is 7.81. The highest BCUT2D eigenvalue weighted by Gasteiger charge is 2.52. The van der Waals surface area contributed by atoms with E-state index in [1.807, 2.05) is 20.8 Å². The zero-order chi connectivity index (χ0) is 17.6. The van der Waals surface area contributed by atoms with Gasteiger partial charge in [0.05, 0.1) is 12.1 Å². The van der Waals surface area contributed by atoms with E-state index in [1.165, 1.54) is 4.90 Å². The molecule has 1 aliphatic heterocycles. The number of alkyl halides is 1. The number of halogens is 1. The van der Waals surface area contributed by atoms with Crippen LogP contribution in [0.1, 0.15) is 33.6 Å². The Morgan fingerprint density at radius 2 is 2.04 bits per heavy atom. The minimum absolute atomic E-state index is 0.0774. The van der Waals surface area contributed by atoms with Crippen molar-refractivity contribution < 1.29 is 19.1 Å². The molecular weight excluding hydrogens is 303 g/mol. The molecule has 3 unspecified atom stereocenters. The Morgan fingerprint density at radius 3 is 2.52 bits per heavy atom. The molecule has 2 fully saturated rings. The highest BCUT2D eigenvalue weighted by Crippen LogP contribution is 2.41. The van der Waals surface area contributed by atoms with Crippen molar-refractivity contribution in [2.45, 2.75) is 57.6 Å². The number of rotatable bonds is 4. The van der Waals surface area contributed by atoms with Crippen molar-refractivity contribution in [2.75, 3.05) is 13.1 Å². The van der Waals surface area contributed by atoms with Crippen molar-refractivity contribution in [1.29, 1.82) is 0 Å². The van der Waals surface area contributed by atoms with Crippen molar-refractivity contribution in [3.63, 3.8) is 0 Å². The number of likely N-dealkylation sites (tertiary alicyclic amines) is 1. The van der Waals surface area contributed by atoms with Gasteiger partial charge in [-0.05, 0) is 5.41 Å². The Balaban J connectivity index is 1.98. The smallest absolute Gasteiger partial charge is 0.242 e. The highest BCUT2D eigenvalue weighted by atomic mass is 19.1. The fraction of sp³-hybridized carbons (Fsp3) is 0.867. The maximum atomic E-state index is 13.3. The van der Waals surface area contributed by atoms with Crippen LogP contribution in [0.3, 0.4) is 0 Å². The Hall–Kier alpha value is -1.25. The molecule has 0 aromatic carbocycles. The van der Waals surface area contributed by atoms with E-state index in [1.54, 1.807) is 0 Å². The van der Waals surface area contributed by atoms with E-state index in [0.717, 1.165) is 0 Å². The summed E-state index contributed by atoms with van der Waals surface area (Å²) in [5.41, 5.74) is 10.8. The molecule has 0 aromatic heterocycles. The van der Waals surface area contributed by atoms with Gasteiger partial charge in [-0.1, -0.05) is 20.8 Å². The van der Waals surface area contributed by atoms with Crippen molar-refractivity contribution >= 4 is 11.8 Å². The molecule has 1 saturated heterocycles. The summed E-state index contributed by atoms with van der Waals surface area (Å²) in [5.74, 6) is -2.86. The second-order valence-corrected chi connectivity index (χ2v) is 7.81. The summed E-state index contributed by atoms with van der Waals surface area (Å²) >= 11 is 0. The molecule has 0 radical (unpaired) electrons. The first-order valence-electron chi connectivity index (χ1n) is 7.93. The molecule has 0 aromatic rings. The van der Waals surface area contributed by atoms with Gasteiger partial charge in [-0.15, -0.1) is 0 Å². The average Bonchev–Trinajstić information content (AvgIpc) is 2.85. The SMILES string of the molecule is CC(C)(C)C(N)C(=O)N1C[C@H](O)C[C@H]1C(=O)NCC1CC1(N)F. The molecule has 5 atom stereocenters.